The maximum absolute atomic E-state index is 7.85. The second-order valence-electron chi connectivity index (χ2n) is 3.56. The van der Waals surface area contributed by atoms with Gasteiger partial charge in [-0.2, -0.15) is 0 Å². The highest BCUT2D eigenvalue weighted by atomic mass is 15.1. The molecule has 2 aromatic heterocycles. The van der Waals surface area contributed by atoms with Gasteiger partial charge >= 0.3 is 0 Å². The van der Waals surface area contributed by atoms with Crippen molar-refractivity contribution in [3.8, 4) is 11.3 Å². The normalized spacial score (nSPS) is 11.9. The monoisotopic (exact) mass is 231 g/mol. The van der Waals surface area contributed by atoms with E-state index in [1.807, 2.05) is 0 Å². The average molecular weight is 231 g/mol. The maximum atomic E-state index is 7.85. The lowest BCUT2D eigenvalue weighted by Crippen LogP contribution is -2.04. The Morgan fingerprint density at radius 1 is 1.29 bits per heavy atom. The molecule has 88 valence electrons. The Kier molecular flexibility index (Phi) is 2.84. The van der Waals surface area contributed by atoms with E-state index in [2.05, 4.69) is 32.2 Å². The third-order valence-corrected chi connectivity index (χ3v) is 2.10. The molecule has 0 aromatic carbocycles. The summed E-state index contributed by atoms with van der Waals surface area (Å²) in [5.74, 6) is 0.899. The number of aromatic nitrogens is 4. The number of anilines is 1. The number of rotatable bonds is 4. The second kappa shape index (κ2) is 5.34. The van der Waals surface area contributed by atoms with E-state index in [-0.39, 0.29) is 12.3 Å². The van der Waals surface area contributed by atoms with E-state index in [1.165, 1.54) is 0 Å². The van der Waals surface area contributed by atoms with Gasteiger partial charge in [0, 0.05) is 30.7 Å². The predicted octanol–water partition coefficient (Wildman–Crippen LogP) is 2.06. The topological polar surface area (TPSA) is 63.6 Å². The zero-order valence-corrected chi connectivity index (χ0v) is 9.86. The van der Waals surface area contributed by atoms with Gasteiger partial charge in [0.25, 0.3) is 0 Å². The lowest BCUT2D eigenvalue weighted by atomic mass is 10.2. The summed E-state index contributed by atoms with van der Waals surface area (Å²) in [6.07, 6.45) is 2.59. The molecule has 0 atom stereocenters. The van der Waals surface area contributed by atoms with Crippen molar-refractivity contribution in [3.63, 3.8) is 0 Å². The van der Waals surface area contributed by atoms with Crippen molar-refractivity contribution in [1.82, 2.24) is 19.9 Å². The molecule has 0 aliphatic heterocycles. The lowest BCUT2D eigenvalue weighted by Gasteiger charge is -2.04. The molecular formula is C12H15N5. The molecule has 1 N–H and O–H groups in total. The van der Waals surface area contributed by atoms with Crippen LogP contribution in [0.3, 0.4) is 0 Å². The molecule has 2 rings (SSSR count). The zero-order chi connectivity index (χ0) is 13.8. The van der Waals surface area contributed by atoms with Crippen molar-refractivity contribution in [2.24, 2.45) is 0 Å². The first-order valence-corrected chi connectivity index (χ1v) is 5.51. The summed E-state index contributed by atoms with van der Waals surface area (Å²) in [7, 11) is 0. The summed E-state index contributed by atoms with van der Waals surface area (Å²) in [6, 6.07) is 1.65. The molecule has 0 fully saturated rings. The van der Waals surface area contributed by atoms with Gasteiger partial charge in [0.2, 0.25) is 5.95 Å². The second-order valence-corrected chi connectivity index (χ2v) is 3.56. The molecule has 0 saturated heterocycles. The molecule has 0 aliphatic carbocycles. The van der Waals surface area contributed by atoms with Crippen molar-refractivity contribution in [3.05, 3.63) is 30.4 Å². The van der Waals surface area contributed by atoms with E-state index in [1.54, 1.807) is 19.2 Å². The van der Waals surface area contributed by atoms with E-state index in [4.69, 9.17) is 2.74 Å². The van der Waals surface area contributed by atoms with Crippen LogP contribution in [-0.4, -0.2) is 26.5 Å². The van der Waals surface area contributed by atoms with Crippen LogP contribution >= 0.6 is 0 Å². The summed E-state index contributed by atoms with van der Waals surface area (Å²) in [6.45, 7) is 4.48. The summed E-state index contributed by atoms with van der Waals surface area (Å²) in [4.78, 5) is 16.3. The van der Waals surface area contributed by atoms with Gasteiger partial charge in [-0.3, -0.25) is 0 Å². The Morgan fingerprint density at radius 2 is 2.06 bits per heavy atom. The summed E-state index contributed by atoms with van der Waals surface area (Å²) in [5.41, 5.74) is 0.816. The Labute approximate surface area is 103 Å². The number of nitrogens with one attached hydrogen (secondary N) is 1. The molecule has 0 aliphatic rings. The molecule has 2 heterocycles. The molecule has 0 amide bonds. The van der Waals surface area contributed by atoms with Crippen molar-refractivity contribution in [2.45, 2.75) is 20.3 Å². The smallest absolute Gasteiger partial charge is 0.223 e. The van der Waals surface area contributed by atoms with Gasteiger partial charge < -0.3 is 5.32 Å². The molecule has 0 radical (unpaired) electrons. The van der Waals surface area contributed by atoms with Crippen LogP contribution in [0.15, 0.2) is 24.6 Å². The standard InChI is InChI=1S/C12H15N5/c1-3-5-13-12-14-6-4-11(17-12)10-7-15-9(2)16-8-10/h4,6-8H,3,5H2,1-2H3,(H,13,14,17)/i7D,8D. The van der Waals surface area contributed by atoms with Gasteiger partial charge in [0.15, 0.2) is 0 Å². The van der Waals surface area contributed by atoms with Gasteiger partial charge in [0.05, 0.1) is 8.44 Å². The minimum Gasteiger partial charge on any atom is -0.354 e. The number of nitrogens with zero attached hydrogens (tertiary/aromatic N) is 4. The number of hydrogen-bond donors (Lipinski definition) is 1. The SMILES string of the molecule is [2H]c1nc(C)nc([2H])c1-c1ccnc(NCCC)n1. The fraction of sp³-hybridized carbons (Fsp3) is 0.333. The van der Waals surface area contributed by atoms with Crippen LogP contribution in [0.2, 0.25) is 0 Å². The highest BCUT2D eigenvalue weighted by Gasteiger charge is 2.02. The number of hydrogen-bond acceptors (Lipinski definition) is 5. The van der Waals surface area contributed by atoms with Gasteiger partial charge in [-0.05, 0) is 19.4 Å². The van der Waals surface area contributed by atoms with Gasteiger partial charge in [-0.25, -0.2) is 19.9 Å². The molecule has 0 bridgehead atoms. The molecule has 0 spiro atoms. The minimum atomic E-state index is 0.0117. The first-order chi connectivity index (χ1) is 9.11. The maximum Gasteiger partial charge on any atom is 0.223 e. The Balaban J connectivity index is 2.42. The molecule has 2 aromatic rings. The third kappa shape index (κ3) is 2.96. The van der Waals surface area contributed by atoms with Crippen LogP contribution < -0.4 is 5.32 Å². The van der Waals surface area contributed by atoms with Crippen molar-refractivity contribution in [1.29, 1.82) is 0 Å². The third-order valence-electron chi connectivity index (χ3n) is 2.10. The number of aryl methyl sites for hydroxylation is 1. The fourth-order valence-electron chi connectivity index (χ4n) is 1.26. The van der Waals surface area contributed by atoms with E-state index in [9.17, 15) is 0 Å². The van der Waals surface area contributed by atoms with Crippen LogP contribution in [0.4, 0.5) is 5.95 Å². The molecular weight excluding hydrogens is 214 g/mol. The average Bonchev–Trinajstić information content (AvgIpc) is 2.35. The van der Waals surface area contributed by atoms with Crippen molar-refractivity contribution >= 4 is 5.95 Å². The fourth-order valence-corrected chi connectivity index (χ4v) is 1.26. The molecule has 5 heteroatoms. The van der Waals surface area contributed by atoms with E-state index >= 15 is 0 Å². The highest BCUT2D eigenvalue weighted by Crippen LogP contribution is 2.15. The molecule has 0 saturated carbocycles. The molecule has 5 nitrogen and oxygen atoms in total. The lowest BCUT2D eigenvalue weighted by molar-refractivity contribution is 0.952. The van der Waals surface area contributed by atoms with Crippen LogP contribution in [-0.2, 0) is 0 Å². The summed E-state index contributed by atoms with van der Waals surface area (Å²) >= 11 is 0. The highest BCUT2D eigenvalue weighted by molar-refractivity contribution is 5.57. The molecule has 0 unspecified atom stereocenters. The van der Waals surface area contributed by atoms with Crippen molar-refractivity contribution < 1.29 is 2.74 Å². The van der Waals surface area contributed by atoms with Gasteiger partial charge in [0.1, 0.15) is 5.82 Å². The van der Waals surface area contributed by atoms with E-state index in [0.29, 0.717) is 23.0 Å². The van der Waals surface area contributed by atoms with Crippen molar-refractivity contribution in [2.75, 3.05) is 11.9 Å². The Bertz CT molecular complexity index is 565. The van der Waals surface area contributed by atoms with Crippen LogP contribution in [0.5, 0.6) is 0 Å². The first-order valence-electron chi connectivity index (χ1n) is 6.51. The van der Waals surface area contributed by atoms with Crippen LogP contribution in [0, 0.1) is 6.92 Å². The minimum absolute atomic E-state index is 0.0117. The van der Waals surface area contributed by atoms with Crippen LogP contribution in [0.1, 0.15) is 21.9 Å². The van der Waals surface area contributed by atoms with Gasteiger partial charge in [-0.1, -0.05) is 6.92 Å². The van der Waals surface area contributed by atoms with E-state index in [0.717, 1.165) is 13.0 Å². The predicted molar refractivity (Wildman–Crippen MR) is 66.6 cm³/mol. The Morgan fingerprint density at radius 3 is 2.76 bits per heavy atom. The summed E-state index contributed by atoms with van der Waals surface area (Å²) in [5, 5.41) is 3.07. The molecule has 17 heavy (non-hydrogen) atoms. The van der Waals surface area contributed by atoms with Crippen LogP contribution in [0.25, 0.3) is 11.3 Å². The Hall–Kier alpha value is -2.04. The zero-order valence-electron chi connectivity index (χ0n) is 11.9. The first kappa shape index (κ1) is 9.04. The van der Waals surface area contributed by atoms with Gasteiger partial charge in [-0.15, -0.1) is 0 Å². The largest absolute Gasteiger partial charge is 0.354 e. The quantitative estimate of drug-likeness (QED) is 0.872. The van der Waals surface area contributed by atoms with E-state index < -0.39 is 0 Å². The summed E-state index contributed by atoms with van der Waals surface area (Å²) < 4.78 is 15.7.